The van der Waals surface area contributed by atoms with Crippen LogP contribution in [-0.4, -0.2) is 50.2 Å². The lowest BCUT2D eigenvalue weighted by Gasteiger charge is -2.28. The molecule has 1 saturated carbocycles. The van der Waals surface area contributed by atoms with Crippen molar-refractivity contribution in [2.75, 3.05) is 12.4 Å². The second-order valence-corrected chi connectivity index (χ2v) is 13.2. The fourth-order valence-corrected chi connectivity index (χ4v) is 7.05. The van der Waals surface area contributed by atoms with Gasteiger partial charge in [-0.15, -0.1) is 11.3 Å². The Labute approximate surface area is 223 Å². The molecule has 1 aromatic heterocycles. The third-order valence-corrected chi connectivity index (χ3v) is 8.75. The predicted molar refractivity (Wildman–Crippen MR) is 149 cm³/mol. The highest BCUT2D eigenvalue weighted by atomic mass is 32.2. The molecule has 1 aliphatic carbocycles. The number of benzene rings is 1. The molecule has 1 aromatic carbocycles. The van der Waals surface area contributed by atoms with E-state index >= 15 is 0 Å². The van der Waals surface area contributed by atoms with E-state index in [0.29, 0.717) is 11.3 Å². The molecule has 0 radical (unpaired) electrons. The first-order chi connectivity index (χ1) is 17.3. The molecule has 0 unspecified atom stereocenters. The van der Waals surface area contributed by atoms with Gasteiger partial charge in [-0.05, 0) is 72.4 Å². The topological polar surface area (TPSA) is 148 Å². The van der Waals surface area contributed by atoms with Gasteiger partial charge >= 0.3 is 6.09 Å². The van der Waals surface area contributed by atoms with Crippen LogP contribution in [0.2, 0.25) is 0 Å². The van der Waals surface area contributed by atoms with Crippen LogP contribution in [0.15, 0.2) is 34.3 Å². The molecule has 1 amide bonds. The molecule has 1 fully saturated rings. The first kappa shape index (κ1) is 28.9. The lowest BCUT2D eigenvalue weighted by Crippen LogP contribution is -2.40. The summed E-state index contributed by atoms with van der Waals surface area (Å²) in [6.07, 6.45) is 4.65. The maximum atomic E-state index is 13.4. The molecule has 3 rings (SSSR count). The maximum absolute atomic E-state index is 13.4. The summed E-state index contributed by atoms with van der Waals surface area (Å²) < 4.78 is 34.7. The summed E-state index contributed by atoms with van der Waals surface area (Å²) in [6.45, 7) is 9.04. The molecule has 10 nitrogen and oxygen atoms in total. The molecule has 5 N–H and O–H groups in total. The minimum Gasteiger partial charge on any atom is -0.447 e. The molecular formula is C25H38N6O4S2. The quantitative estimate of drug-likeness (QED) is 0.295. The van der Waals surface area contributed by atoms with Gasteiger partial charge in [0.1, 0.15) is 0 Å². The van der Waals surface area contributed by atoms with Crippen LogP contribution >= 0.6 is 11.3 Å². The molecule has 12 heteroatoms. The van der Waals surface area contributed by atoms with Gasteiger partial charge in [-0.1, -0.05) is 6.07 Å². The number of hydrogen-bond acceptors (Lipinski definition) is 7. The molecule has 37 heavy (non-hydrogen) atoms. The van der Waals surface area contributed by atoms with E-state index in [9.17, 15) is 13.2 Å². The van der Waals surface area contributed by atoms with E-state index in [0.717, 1.165) is 35.6 Å². The van der Waals surface area contributed by atoms with Crippen LogP contribution in [-0.2, 0) is 14.8 Å². The van der Waals surface area contributed by atoms with Gasteiger partial charge in [0, 0.05) is 42.0 Å². The van der Waals surface area contributed by atoms with Gasteiger partial charge < -0.3 is 21.1 Å². The van der Waals surface area contributed by atoms with Crippen LogP contribution in [0.3, 0.4) is 0 Å². The molecule has 1 aliphatic rings. The average molecular weight is 551 g/mol. The maximum Gasteiger partial charge on any atom is 0.407 e. The summed E-state index contributed by atoms with van der Waals surface area (Å²) in [7, 11) is -2.30. The van der Waals surface area contributed by atoms with Crippen LogP contribution in [0.5, 0.6) is 0 Å². The first-order valence-corrected chi connectivity index (χ1v) is 14.7. The Kier molecular flexibility index (Phi) is 9.19. The number of rotatable bonds is 7. The number of sulfonamides is 1. The van der Waals surface area contributed by atoms with Gasteiger partial charge in [0.25, 0.3) is 0 Å². The molecule has 2 aromatic rings. The summed E-state index contributed by atoms with van der Waals surface area (Å²) in [5.41, 5.74) is 6.23. The van der Waals surface area contributed by atoms with Crippen LogP contribution in [0.25, 0.3) is 10.4 Å². The number of carbonyl (C=O) groups is 1. The second-order valence-electron chi connectivity index (χ2n) is 10.5. The fourth-order valence-electron chi connectivity index (χ4n) is 4.19. The minimum absolute atomic E-state index is 0.0845. The standard InChI is InChI=1S/C25H38N6O4S2/c1-15(2)35-24(32)30-17-9-7-16(8-10-17)22-28-14-20(36-22)19-12-11-18(29-23(26)27-6)13-21(19)37(33,34)31-25(3,4)5/h11-17,31H,7-10H2,1-6H3,(H,30,32)(H3,26,27,29). The SMILES string of the molecule is CN=C(N)Nc1ccc(-c2cnc(C3CCC(NC(=O)OC(C)C)CC3)s2)c(S(=O)(=O)NC(C)(C)C)c1. The summed E-state index contributed by atoms with van der Waals surface area (Å²) in [5, 5.41) is 6.83. The highest BCUT2D eigenvalue weighted by Gasteiger charge is 2.29. The zero-order chi connectivity index (χ0) is 27.4. The first-order valence-electron chi connectivity index (χ1n) is 12.4. The van der Waals surface area contributed by atoms with Gasteiger partial charge in [0.15, 0.2) is 5.96 Å². The zero-order valence-corrected chi connectivity index (χ0v) is 23.9. The van der Waals surface area contributed by atoms with Gasteiger partial charge in [-0.3, -0.25) is 4.99 Å². The van der Waals surface area contributed by atoms with Crippen molar-refractivity contribution < 1.29 is 17.9 Å². The lowest BCUT2D eigenvalue weighted by atomic mass is 9.86. The number of carbonyl (C=O) groups excluding carboxylic acids is 1. The highest BCUT2D eigenvalue weighted by molar-refractivity contribution is 7.89. The number of aliphatic imine (C=N–C) groups is 1. The van der Waals surface area contributed by atoms with Crippen molar-refractivity contribution in [2.24, 2.45) is 10.7 Å². The van der Waals surface area contributed by atoms with Gasteiger partial charge in [0.2, 0.25) is 10.0 Å². The Balaban J connectivity index is 1.83. The summed E-state index contributed by atoms with van der Waals surface area (Å²) in [5.74, 6) is 0.440. The van der Waals surface area contributed by atoms with Crippen LogP contribution in [0.4, 0.5) is 10.5 Å². The number of amides is 1. The average Bonchev–Trinajstić information content (AvgIpc) is 3.27. The molecule has 0 spiro atoms. The van der Waals surface area contributed by atoms with Crippen LogP contribution in [0, 0.1) is 0 Å². The Morgan fingerprint density at radius 2 is 1.89 bits per heavy atom. The number of aromatic nitrogens is 1. The van der Waals surface area contributed by atoms with Gasteiger partial charge in [-0.25, -0.2) is 22.9 Å². The number of nitrogens with two attached hydrogens (primary N) is 1. The number of nitrogens with one attached hydrogen (secondary N) is 3. The van der Waals surface area contributed by atoms with Crippen molar-refractivity contribution in [3.63, 3.8) is 0 Å². The van der Waals surface area contributed by atoms with Crippen molar-refractivity contribution in [3.8, 4) is 10.4 Å². The van der Waals surface area contributed by atoms with E-state index in [1.54, 1.807) is 52.2 Å². The van der Waals surface area contributed by atoms with E-state index in [1.165, 1.54) is 11.3 Å². The van der Waals surface area contributed by atoms with E-state index in [1.807, 2.05) is 13.8 Å². The fraction of sp³-hybridized carbons (Fsp3) is 0.560. The zero-order valence-electron chi connectivity index (χ0n) is 22.3. The van der Waals surface area contributed by atoms with E-state index in [4.69, 9.17) is 10.5 Å². The normalized spacial score (nSPS) is 19.1. The lowest BCUT2D eigenvalue weighted by molar-refractivity contribution is 0.109. The Hall–Kier alpha value is -2.70. The molecule has 0 atom stereocenters. The van der Waals surface area contributed by atoms with Crippen LogP contribution in [0.1, 0.15) is 71.2 Å². The molecule has 204 valence electrons. The number of anilines is 1. The molecule has 1 heterocycles. The van der Waals surface area contributed by atoms with Crippen molar-refractivity contribution in [3.05, 3.63) is 29.4 Å². The Morgan fingerprint density at radius 1 is 1.22 bits per heavy atom. The van der Waals surface area contributed by atoms with Gasteiger partial charge in [0.05, 0.1) is 20.9 Å². The molecule has 0 saturated heterocycles. The number of nitrogens with zero attached hydrogens (tertiary/aromatic N) is 2. The van der Waals surface area contributed by atoms with E-state index < -0.39 is 15.6 Å². The molecule has 0 aliphatic heterocycles. The number of thiazole rings is 1. The minimum atomic E-state index is -3.85. The third-order valence-electron chi connectivity index (χ3n) is 5.76. The number of ether oxygens (including phenoxy) is 1. The molecule has 0 bridgehead atoms. The molecular weight excluding hydrogens is 512 g/mol. The monoisotopic (exact) mass is 550 g/mol. The van der Waals surface area contributed by atoms with Crippen molar-refractivity contribution >= 4 is 39.1 Å². The third kappa shape index (κ3) is 8.14. The van der Waals surface area contributed by atoms with Crippen molar-refractivity contribution in [1.82, 2.24) is 15.0 Å². The predicted octanol–water partition coefficient (Wildman–Crippen LogP) is 4.40. The largest absolute Gasteiger partial charge is 0.447 e. The highest BCUT2D eigenvalue weighted by Crippen LogP contribution is 2.40. The van der Waals surface area contributed by atoms with E-state index in [-0.39, 0.29) is 35.0 Å². The number of guanidine groups is 1. The Morgan fingerprint density at radius 3 is 2.49 bits per heavy atom. The number of alkyl carbamates (subject to hydrolysis) is 1. The van der Waals surface area contributed by atoms with Gasteiger partial charge in [-0.2, -0.15) is 0 Å². The Bertz CT molecular complexity index is 1230. The van der Waals surface area contributed by atoms with Crippen LogP contribution < -0.4 is 21.1 Å². The summed E-state index contributed by atoms with van der Waals surface area (Å²) >= 11 is 1.50. The second kappa shape index (κ2) is 11.8. The van der Waals surface area contributed by atoms with Crippen molar-refractivity contribution in [1.29, 1.82) is 0 Å². The van der Waals surface area contributed by atoms with E-state index in [2.05, 4.69) is 25.3 Å². The van der Waals surface area contributed by atoms with Crippen molar-refractivity contribution in [2.45, 2.75) is 88.8 Å². The summed E-state index contributed by atoms with van der Waals surface area (Å²) in [4.78, 5) is 21.4. The number of hydrogen-bond donors (Lipinski definition) is 4. The smallest absolute Gasteiger partial charge is 0.407 e. The summed E-state index contributed by atoms with van der Waals surface area (Å²) in [6, 6.07) is 5.19.